The van der Waals surface area contributed by atoms with Gasteiger partial charge >= 0.3 is 0 Å². The average molecular weight is 386 g/mol. The number of hydrogen-bond donors (Lipinski definition) is 1. The SMILES string of the molecule is C[C@@H]1[C@@H](c2ccccc2)N(C)[C@H](c2ccccc2)[C@H](C)C1(O)Cc1ccccc1. The summed E-state index contributed by atoms with van der Waals surface area (Å²) in [4.78, 5) is 2.47. The molecule has 5 atom stereocenters. The Labute approximate surface area is 174 Å². The van der Waals surface area contributed by atoms with Crippen molar-refractivity contribution in [2.45, 2.75) is 38.0 Å². The molecule has 0 saturated carbocycles. The van der Waals surface area contributed by atoms with Crippen molar-refractivity contribution in [2.75, 3.05) is 7.05 Å². The fraction of sp³-hybridized carbons (Fsp3) is 0.333. The first-order chi connectivity index (χ1) is 14.0. The minimum Gasteiger partial charge on any atom is -0.389 e. The standard InChI is InChI=1S/C27H31NO/c1-20-25(23-15-9-5-10-16-23)28(3)26(24-17-11-6-12-18-24)21(2)27(20,29)19-22-13-7-4-8-14-22/h4-18,20-21,25-26,29H,19H2,1-3H3/t20-,21+,25-,26-,27?/m0/s1. The normalized spacial score (nSPS) is 30.2. The maximum absolute atomic E-state index is 12.2. The molecule has 29 heavy (non-hydrogen) atoms. The first-order valence-corrected chi connectivity index (χ1v) is 10.6. The number of nitrogens with zero attached hydrogens (tertiary/aromatic N) is 1. The van der Waals surface area contributed by atoms with Gasteiger partial charge in [0.15, 0.2) is 0 Å². The summed E-state index contributed by atoms with van der Waals surface area (Å²) >= 11 is 0. The van der Waals surface area contributed by atoms with Gasteiger partial charge in [0.2, 0.25) is 0 Å². The van der Waals surface area contributed by atoms with E-state index in [0.717, 1.165) is 0 Å². The van der Waals surface area contributed by atoms with Crippen LogP contribution in [0.1, 0.15) is 42.6 Å². The van der Waals surface area contributed by atoms with E-state index in [0.29, 0.717) is 6.42 Å². The van der Waals surface area contributed by atoms with Gasteiger partial charge in [0.1, 0.15) is 0 Å². The van der Waals surface area contributed by atoms with Crippen LogP contribution in [0.3, 0.4) is 0 Å². The zero-order valence-corrected chi connectivity index (χ0v) is 17.6. The molecule has 0 radical (unpaired) electrons. The lowest BCUT2D eigenvalue weighted by Gasteiger charge is -2.56. The summed E-state index contributed by atoms with van der Waals surface area (Å²) in [6.07, 6.45) is 0.663. The Morgan fingerprint density at radius 1 is 0.690 bits per heavy atom. The van der Waals surface area contributed by atoms with Crippen molar-refractivity contribution in [3.63, 3.8) is 0 Å². The molecular weight excluding hydrogens is 354 g/mol. The predicted molar refractivity (Wildman–Crippen MR) is 120 cm³/mol. The van der Waals surface area contributed by atoms with E-state index in [1.165, 1.54) is 16.7 Å². The molecule has 3 aromatic carbocycles. The predicted octanol–water partition coefficient (Wildman–Crippen LogP) is 5.66. The molecule has 1 aliphatic rings. The number of piperidine rings is 1. The summed E-state index contributed by atoms with van der Waals surface area (Å²) in [6.45, 7) is 4.43. The first-order valence-electron chi connectivity index (χ1n) is 10.6. The minimum absolute atomic E-state index is 0.0880. The molecule has 1 heterocycles. The summed E-state index contributed by atoms with van der Waals surface area (Å²) in [5.74, 6) is 0.176. The van der Waals surface area contributed by atoms with Crippen LogP contribution in [0, 0.1) is 11.8 Å². The van der Waals surface area contributed by atoms with Gasteiger partial charge in [0.05, 0.1) is 5.60 Å². The van der Waals surface area contributed by atoms with E-state index in [4.69, 9.17) is 0 Å². The summed E-state index contributed by atoms with van der Waals surface area (Å²) in [5.41, 5.74) is 2.91. The number of likely N-dealkylation sites (tertiary alicyclic amines) is 1. The first kappa shape index (κ1) is 19.9. The lowest BCUT2D eigenvalue weighted by atomic mass is 9.63. The lowest BCUT2D eigenvalue weighted by molar-refractivity contribution is -0.154. The van der Waals surface area contributed by atoms with Gasteiger partial charge in [-0.2, -0.15) is 0 Å². The maximum Gasteiger partial charge on any atom is 0.0775 e. The zero-order chi connectivity index (χ0) is 20.4. The van der Waals surface area contributed by atoms with E-state index in [1.807, 2.05) is 6.07 Å². The third-order valence-corrected chi connectivity index (χ3v) is 7.01. The van der Waals surface area contributed by atoms with E-state index in [-0.39, 0.29) is 23.9 Å². The van der Waals surface area contributed by atoms with Crippen LogP contribution < -0.4 is 0 Å². The van der Waals surface area contributed by atoms with Gasteiger partial charge in [0, 0.05) is 30.3 Å². The molecular formula is C27H31NO. The van der Waals surface area contributed by atoms with Crippen molar-refractivity contribution in [3.8, 4) is 0 Å². The molecule has 0 amide bonds. The van der Waals surface area contributed by atoms with E-state index in [2.05, 4.69) is 111 Å². The van der Waals surface area contributed by atoms with Gasteiger partial charge in [-0.3, -0.25) is 4.90 Å². The molecule has 1 unspecified atom stereocenters. The number of hydrogen-bond acceptors (Lipinski definition) is 2. The Balaban J connectivity index is 1.81. The van der Waals surface area contributed by atoms with Crippen molar-refractivity contribution in [1.82, 2.24) is 4.90 Å². The van der Waals surface area contributed by atoms with Crippen molar-refractivity contribution >= 4 is 0 Å². The Hall–Kier alpha value is -2.42. The highest BCUT2D eigenvalue weighted by molar-refractivity contribution is 5.29. The Morgan fingerprint density at radius 3 is 1.48 bits per heavy atom. The van der Waals surface area contributed by atoms with Gasteiger partial charge < -0.3 is 5.11 Å². The Kier molecular flexibility index (Phi) is 5.58. The second kappa shape index (κ2) is 8.14. The smallest absolute Gasteiger partial charge is 0.0775 e. The van der Waals surface area contributed by atoms with Gasteiger partial charge in [-0.1, -0.05) is 105 Å². The maximum atomic E-state index is 12.2. The third kappa shape index (κ3) is 3.63. The Bertz CT molecular complexity index is 856. The quantitative estimate of drug-likeness (QED) is 0.626. The van der Waals surface area contributed by atoms with Crippen molar-refractivity contribution < 1.29 is 5.11 Å². The Morgan fingerprint density at radius 2 is 1.07 bits per heavy atom. The number of benzene rings is 3. The van der Waals surface area contributed by atoms with Crippen LogP contribution in [-0.2, 0) is 6.42 Å². The molecule has 2 heteroatoms. The molecule has 0 bridgehead atoms. The van der Waals surface area contributed by atoms with Crippen LogP contribution in [0.4, 0.5) is 0 Å². The van der Waals surface area contributed by atoms with Crippen LogP contribution in [0.25, 0.3) is 0 Å². The van der Waals surface area contributed by atoms with Crippen molar-refractivity contribution in [2.24, 2.45) is 11.8 Å². The van der Waals surface area contributed by atoms with Crippen LogP contribution in [0.2, 0.25) is 0 Å². The fourth-order valence-corrected chi connectivity index (χ4v) is 5.43. The van der Waals surface area contributed by atoms with E-state index in [9.17, 15) is 5.11 Å². The van der Waals surface area contributed by atoms with E-state index >= 15 is 0 Å². The molecule has 2 nitrogen and oxygen atoms in total. The second-order valence-electron chi connectivity index (χ2n) is 8.61. The van der Waals surface area contributed by atoms with Gasteiger partial charge in [-0.05, 0) is 23.7 Å². The minimum atomic E-state index is -0.811. The second-order valence-corrected chi connectivity index (χ2v) is 8.61. The number of rotatable bonds is 4. The molecule has 1 saturated heterocycles. The van der Waals surface area contributed by atoms with Crippen LogP contribution in [0.15, 0.2) is 91.0 Å². The summed E-state index contributed by atoms with van der Waals surface area (Å²) in [7, 11) is 2.21. The molecule has 3 aromatic rings. The van der Waals surface area contributed by atoms with E-state index < -0.39 is 5.60 Å². The van der Waals surface area contributed by atoms with Crippen molar-refractivity contribution in [3.05, 3.63) is 108 Å². The molecule has 0 spiro atoms. The third-order valence-electron chi connectivity index (χ3n) is 7.01. The number of aliphatic hydroxyl groups is 1. The van der Waals surface area contributed by atoms with Crippen molar-refractivity contribution in [1.29, 1.82) is 0 Å². The molecule has 1 aliphatic heterocycles. The van der Waals surface area contributed by atoms with Crippen LogP contribution in [-0.4, -0.2) is 22.7 Å². The molecule has 1 fully saturated rings. The molecule has 4 rings (SSSR count). The van der Waals surface area contributed by atoms with Crippen LogP contribution in [0.5, 0.6) is 0 Å². The lowest BCUT2D eigenvalue weighted by Crippen LogP contribution is -2.59. The highest BCUT2D eigenvalue weighted by Gasteiger charge is 2.53. The van der Waals surface area contributed by atoms with Gasteiger partial charge in [0.25, 0.3) is 0 Å². The van der Waals surface area contributed by atoms with E-state index in [1.54, 1.807) is 0 Å². The zero-order valence-electron chi connectivity index (χ0n) is 17.6. The van der Waals surface area contributed by atoms with Gasteiger partial charge in [-0.25, -0.2) is 0 Å². The summed E-state index contributed by atoms with van der Waals surface area (Å²) in [5, 5.41) is 12.2. The average Bonchev–Trinajstić information content (AvgIpc) is 2.75. The monoisotopic (exact) mass is 385 g/mol. The van der Waals surface area contributed by atoms with Crippen LogP contribution >= 0.6 is 0 Å². The molecule has 0 aromatic heterocycles. The largest absolute Gasteiger partial charge is 0.389 e. The van der Waals surface area contributed by atoms with Gasteiger partial charge in [-0.15, -0.1) is 0 Å². The summed E-state index contributed by atoms with van der Waals surface area (Å²) < 4.78 is 0. The molecule has 0 aliphatic carbocycles. The highest BCUT2D eigenvalue weighted by Crippen LogP contribution is 2.52. The molecule has 1 N–H and O–H groups in total. The molecule has 150 valence electrons. The highest BCUT2D eigenvalue weighted by atomic mass is 16.3. The summed E-state index contributed by atoms with van der Waals surface area (Å²) in [6, 6.07) is 32.0. The fourth-order valence-electron chi connectivity index (χ4n) is 5.43. The topological polar surface area (TPSA) is 23.5 Å².